The number of imidazole rings is 1. The minimum absolute atomic E-state index is 0.111. The number of hydrogen-bond donors (Lipinski definition) is 4. The quantitative estimate of drug-likeness (QED) is 0.241. The van der Waals surface area contributed by atoms with Crippen LogP contribution in [0.25, 0.3) is 11.2 Å². The number of ether oxygens (including phenoxy) is 2. The molecule has 1 aromatic carbocycles. The van der Waals surface area contributed by atoms with E-state index >= 15 is 0 Å². The molecule has 0 atom stereocenters. The molecule has 0 unspecified atom stereocenters. The van der Waals surface area contributed by atoms with Crippen LogP contribution in [0, 0.1) is 4.77 Å². The van der Waals surface area contributed by atoms with Crippen molar-refractivity contribution >= 4 is 36.8 Å². The fourth-order valence-corrected chi connectivity index (χ4v) is 3.63. The van der Waals surface area contributed by atoms with E-state index in [9.17, 15) is 14.4 Å². The third-order valence-corrected chi connectivity index (χ3v) is 4.97. The molecule has 5 N–H and O–H groups in total. The van der Waals surface area contributed by atoms with Crippen molar-refractivity contribution < 1.29 is 23.8 Å². The van der Waals surface area contributed by atoms with E-state index in [1.807, 2.05) is 6.07 Å². The van der Waals surface area contributed by atoms with Gasteiger partial charge in [-0.1, -0.05) is 24.3 Å². The summed E-state index contributed by atoms with van der Waals surface area (Å²) in [4.78, 5) is 29.8. The minimum atomic E-state index is -4.15. The van der Waals surface area contributed by atoms with E-state index in [0.29, 0.717) is 34.7 Å². The molecule has 0 saturated carbocycles. The van der Waals surface area contributed by atoms with Crippen LogP contribution in [0.15, 0.2) is 24.3 Å². The van der Waals surface area contributed by atoms with Crippen molar-refractivity contribution in [1.29, 1.82) is 0 Å². The Kier molecular flexibility index (Phi) is 6.11. The molecule has 28 heavy (non-hydrogen) atoms. The summed E-state index contributed by atoms with van der Waals surface area (Å²) in [7, 11) is -2.59. The summed E-state index contributed by atoms with van der Waals surface area (Å²) in [5, 5.41) is 0. The zero-order valence-corrected chi connectivity index (χ0v) is 16.7. The summed E-state index contributed by atoms with van der Waals surface area (Å²) in [6, 6.07) is 7.07. The number of aromatic nitrogens is 4. The molecule has 0 bridgehead atoms. The summed E-state index contributed by atoms with van der Waals surface area (Å²) in [6.45, 7) is 0.992. The summed E-state index contributed by atoms with van der Waals surface area (Å²) >= 11 is 5.38. The Morgan fingerprint density at radius 1 is 1.29 bits per heavy atom. The molecule has 3 aromatic rings. The third-order valence-electron chi connectivity index (χ3n) is 3.87. The van der Waals surface area contributed by atoms with Gasteiger partial charge in [0.2, 0.25) is 0 Å². The lowest BCUT2D eigenvalue weighted by Gasteiger charge is -2.09. The van der Waals surface area contributed by atoms with Crippen LogP contribution in [0.2, 0.25) is 0 Å². The average molecular weight is 425 g/mol. The Bertz CT molecular complexity index is 1090. The van der Waals surface area contributed by atoms with E-state index in [2.05, 4.69) is 15.0 Å². The van der Waals surface area contributed by atoms with E-state index in [-0.39, 0.29) is 24.6 Å². The van der Waals surface area contributed by atoms with Crippen LogP contribution in [0.1, 0.15) is 11.1 Å². The summed E-state index contributed by atoms with van der Waals surface area (Å²) < 4.78 is 23.8. The fraction of sp³-hybridized carbons (Fsp3) is 0.312. The second-order valence-corrected chi connectivity index (χ2v) is 8.12. The molecule has 2 aromatic heterocycles. The molecule has 10 nitrogen and oxygen atoms in total. The normalized spacial score (nSPS) is 11.8. The molecule has 0 fully saturated rings. The molecule has 0 saturated heterocycles. The standard InChI is InChI=1S/C16H20N5O5PS/c1-25-5-6-26-15-19-13(17)12-14(20-15)21(16(28)18-12)8-10-3-2-4-11(7-10)9-27(22,23)24/h2-4,7H,5-6,8-9H2,1H3,(H,18,28)(H2,17,19,20)(H2,22,23,24). The number of nitrogens with one attached hydrogen (secondary N) is 1. The number of nitrogen functional groups attached to an aromatic ring is 1. The Morgan fingerprint density at radius 3 is 2.75 bits per heavy atom. The van der Waals surface area contributed by atoms with Crippen molar-refractivity contribution in [2.75, 3.05) is 26.1 Å². The Hall–Kier alpha value is -2.30. The second kappa shape index (κ2) is 8.38. The molecule has 0 aliphatic carbocycles. The van der Waals surface area contributed by atoms with Gasteiger partial charge in [0.1, 0.15) is 12.1 Å². The number of nitrogens with zero attached hydrogens (tertiary/aromatic N) is 3. The van der Waals surface area contributed by atoms with Gasteiger partial charge >= 0.3 is 13.6 Å². The number of methoxy groups -OCH3 is 1. The number of rotatable bonds is 8. The predicted octanol–water partition coefficient (Wildman–Crippen LogP) is 1.82. The van der Waals surface area contributed by atoms with E-state index in [0.717, 1.165) is 5.56 Å². The maximum absolute atomic E-state index is 11.3. The van der Waals surface area contributed by atoms with Gasteiger partial charge in [-0.15, -0.1) is 0 Å². The van der Waals surface area contributed by atoms with Gasteiger partial charge in [-0.25, -0.2) is 0 Å². The van der Waals surface area contributed by atoms with Crippen molar-refractivity contribution in [3.63, 3.8) is 0 Å². The third kappa shape index (κ3) is 4.94. The second-order valence-electron chi connectivity index (χ2n) is 6.09. The van der Waals surface area contributed by atoms with Gasteiger partial charge in [0.25, 0.3) is 0 Å². The predicted molar refractivity (Wildman–Crippen MR) is 106 cm³/mol. The van der Waals surface area contributed by atoms with Crippen molar-refractivity contribution in [3.05, 3.63) is 40.2 Å². The van der Waals surface area contributed by atoms with Gasteiger partial charge in [-0.2, -0.15) is 9.97 Å². The lowest BCUT2D eigenvalue weighted by molar-refractivity contribution is 0.141. The number of nitrogens with two attached hydrogens (primary N) is 1. The van der Waals surface area contributed by atoms with E-state index in [1.54, 1.807) is 29.9 Å². The lowest BCUT2D eigenvalue weighted by atomic mass is 10.1. The highest BCUT2D eigenvalue weighted by molar-refractivity contribution is 7.71. The fourth-order valence-electron chi connectivity index (χ4n) is 2.71. The first-order chi connectivity index (χ1) is 13.3. The SMILES string of the molecule is COCCOc1nc(N)c2[nH]c(=S)n(Cc3cccc(CP(=O)(O)O)c3)c2n1. The molecule has 3 rings (SSSR count). The van der Waals surface area contributed by atoms with Gasteiger partial charge in [0.05, 0.1) is 19.3 Å². The van der Waals surface area contributed by atoms with Crippen LogP contribution < -0.4 is 10.5 Å². The van der Waals surface area contributed by atoms with Crippen molar-refractivity contribution in [3.8, 4) is 6.01 Å². The van der Waals surface area contributed by atoms with Gasteiger partial charge < -0.3 is 30.0 Å². The van der Waals surface area contributed by atoms with Crippen molar-refractivity contribution in [2.24, 2.45) is 0 Å². The topological polar surface area (TPSA) is 149 Å². The number of benzene rings is 1. The van der Waals surface area contributed by atoms with E-state index < -0.39 is 7.60 Å². The molecule has 12 heteroatoms. The monoisotopic (exact) mass is 425 g/mol. The van der Waals surface area contributed by atoms with Gasteiger partial charge in [-0.05, 0) is 23.3 Å². The van der Waals surface area contributed by atoms with Crippen molar-refractivity contribution in [2.45, 2.75) is 12.7 Å². The average Bonchev–Trinajstić information content (AvgIpc) is 2.91. The highest BCUT2D eigenvalue weighted by Crippen LogP contribution is 2.39. The highest BCUT2D eigenvalue weighted by Gasteiger charge is 2.16. The largest absolute Gasteiger partial charge is 0.461 e. The summed E-state index contributed by atoms with van der Waals surface area (Å²) in [6.07, 6.45) is -0.327. The van der Waals surface area contributed by atoms with E-state index in [4.69, 9.17) is 27.4 Å². The van der Waals surface area contributed by atoms with Crippen LogP contribution >= 0.6 is 19.8 Å². The van der Waals surface area contributed by atoms with Crippen molar-refractivity contribution in [1.82, 2.24) is 19.5 Å². The molecule has 0 spiro atoms. The number of fused-ring (bicyclic) bond motifs is 1. The summed E-state index contributed by atoms with van der Waals surface area (Å²) in [5.74, 6) is 0.206. The Balaban J connectivity index is 1.94. The molecular formula is C16H20N5O5PS. The van der Waals surface area contributed by atoms with Crippen LogP contribution in [0.5, 0.6) is 6.01 Å². The van der Waals surface area contributed by atoms with Gasteiger partial charge in [-0.3, -0.25) is 9.13 Å². The zero-order valence-electron chi connectivity index (χ0n) is 15.0. The summed E-state index contributed by atoms with van der Waals surface area (Å²) in [5.41, 5.74) is 8.31. The van der Waals surface area contributed by atoms with Crippen LogP contribution in [0.3, 0.4) is 0 Å². The van der Waals surface area contributed by atoms with E-state index in [1.165, 1.54) is 0 Å². The minimum Gasteiger partial charge on any atom is -0.461 e. The maximum Gasteiger partial charge on any atom is 0.329 e. The van der Waals surface area contributed by atoms with Crippen LogP contribution in [-0.4, -0.2) is 49.6 Å². The number of anilines is 1. The first kappa shape index (κ1) is 20.4. The van der Waals surface area contributed by atoms with Crippen LogP contribution in [0.4, 0.5) is 5.82 Å². The molecular weight excluding hydrogens is 405 g/mol. The Labute approximate surface area is 165 Å². The molecule has 0 amide bonds. The lowest BCUT2D eigenvalue weighted by Crippen LogP contribution is -2.09. The molecule has 0 aliphatic heterocycles. The number of H-pyrrole nitrogens is 1. The number of hydrogen-bond acceptors (Lipinski definition) is 7. The highest BCUT2D eigenvalue weighted by atomic mass is 32.1. The molecule has 0 radical (unpaired) electrons. The zero-order chi connectivity index (χ0) is 20.3. The smallest absolute Gasteiger partial charge is 0.329 e. The Morgan fingerprint density at radius 2 is 2.04 bits per heavy atom. The maximum atomic E-state index is 11.3. The number of aromatic amines is 1. The van der Waals surface area contributed by atoms with Gasteiger partial charge in [0, 0.05) is 7.11 Å². The molecule has 150 valence electrons. The first-order valence-corrected chi connectivity index (χ1v) is 10.5. The van der Waals surface area contributed by atoms with Gasteiger partial charge in [0.15, 0.2) is 16.2 Å². The van der Waals surface area contributed by atoms with Crippen LogP contribution in [-0.2, 0) is 22.0 Å². The molecule has 0 aliphatic rings. The first-order valence-electron chi connectivity index (χ1n) is 8.27. The molecule has 2 heterocycles.